The summed E-state index contributed by atoms with van der Waals surface area (Å²) in [6.07, 6.45) is 6.78. The standard InChI is InChI=1S/C8H18NO/c9-7-5-3-1-2-4-6-8-10/h9-10H,1-8H2. The molecule has 61 valence electrons. The highest BCUT2D eigenvalue weighted by Crippen LogP contribution is 2.03. The summed E-state index contributed by atoms with van der Waals surface area (Å²) in [7, 11) is 0. The molecule has 2 N–H and O–H groups in total. The summed E-state index contributed by atoms with van der Waals surface area (Å²) in [5.74, 6) is 0. The highest BCUT2D eigenvalue weighted by Gasteiger charge is 1.88. The summed E-state index contributed by atoms with van der Waals surface area (Å²) >= 11 is 0. The maximum Gasteiger partial charge on any atom is 0.0431 e. The van der Waals surface area contributed by atoms with E-state index in [-0.39, 0.29) is 0 Å². The zero-order chi connectivity index (χ0) is 7.66. The van der Waals surface area contributed by atoms with Gasteiger partial charge in [0.25, 0.3) is 0 Å². The SMILES string of the molecule is [NH]CCCCCCCCO. The van der Waals surface area contributed by atoms with Crippen molar-refractivity contribution >= 4 is 0 Å². The molecule has 0 atom stereocenters. The van der Waals surface area contributed by atoms with Crippen LogP contribution in [0.5, 0.6) is 0 Å². The van der Waals surface area contributed by atoms with Gasteiger partial charge in [-0.05, 0) is 12.8 Å². The van der Waals surface area contributed by atoms with E-state index in [4.69, 9.17) is 10.8 Å². The fourth-order valence-corrected chi connectivity index (χ4v) is 0.944. The lowest BCUT2D eigenvalue weighted by atomic mass is 10.1. The van der Waals surface area contributed by atoms with Crippen LogP contribution in [0.25, 0.3) is 0 Å². The lowest BCUT2D eigenvalue weighted by Crippen LogP contribution is -1.86. The van der Waals surface area contributed by atoms with Gasteiger partial charge in [0.2, 0.25) is 0 Å². The number of hydrogen-bond donors (Lipinski definition) is 1. The van der Waals surface area contributed by atoms with Crippen molar-refractivity contribution in [1.82, 2.24) is 5.73 Å². The first-order valence-electron chi connectivity index (χ1n) is 4.17. The lowest BCUT2D eigenvalue weighted by Gasteiger charge is -1.97. The van der Waals surface area contributed by atoms with Crippen molar-refractivity contribution in [3.63, 3.8) is 0 Å². The van der Waals surface area contributed by atoms with Crippen LogP contribution in [-0.4, -0.2) is 18.3 Å². The molecule has 0 bridgehead atoms. The van der Waals surface area contributed by atoms with Crippen molar-refractivity contribution in [2.75, 3.05) is 13.2 Å². The normalized spacial score (nSPS) is 10.2. The zero-order valence-corrected chi connectivity index (χ0v) is 6.60. The van der Waals surface area contributed by atoms with Gasteiger partial charge in [-0.3, -0.25) is 5.73 Å². The molecule has 0 rings (SSSR count). The molecule has 0 aliphatic rings. The molecule has 0 spiro atoms. The first kappa shape index (κ1) is 9.92. The third-order valence-corrected chi connectivity index (χ3v) is 1.58. The Balaban J connectivity index is 2.65. The molecular weight excluding hydrogens is 126 g/mol. The number of aliphatic hydroxyl groups is 1. The van der Waals surface area contributed by atoms with E-state index in [1.54, 1.807) is 0 Å². The molecule has 0 saturated carbocycles. The predicted molar refractivity (Wildman–Crippen MR) is 42.8 cm³/mol. The summed E-state index contributed by atoms with van der Waals surface area (Å²) in [4.78, 5) is 0. The van der Waals surface area contributed by atoms with Gasteiger partial charge in [-0.25, -0.2) is 0 Å². The van der Waals surface area contributed by atoms with E-state index >= 15 is 0 Å². The fraction of sp³-hybridized carbons (Fsp3) is 1.00. The smallest absolute Gasteiger partial charge is 0.0431 e. The van der Waals surface area contributed by atoms with Crippen LogP contribution in [-0.2, 0) is 0 Å². The van der Waals surface area contributed by atoms with Crippen molar-refractivity contribution < 1.29 is 5.11 Å². The van der Waals surface area contributed by atoms with E-state index in [1.165, 1.54) is 19.3 Å². The first-order valence-corrected chi connectivity index (χ1v) is 4.17. The summed E-state index contributed by atoms with van der Waals surface area (Å²) in [5.41, 5.74) is 6.88. The molecule has 0 aromatic carbocycles. The number of unbranched alkanes of at least 4 members (excludes halogenated alkanes) is 5. The van der Waals surface area contributed by atoms with Crippen LogP contribution in [0.3, 0.4) is 0 Å². The molecule has 1 radical (unpaired) electrons. The molecule has 0 aromatic heterocycles. The number of aliphatic hydroxyl groups excluding tert-OH is 1. The number of hydrogen-bond acceptors (Lipinski definition) is 1. The van der Waals surface area contributed by atoms with Gasteiger partial charge in [-0.15, -0.1) is 0 Å². The molecule has 0 fully saturated rings. The Hall–Kier alpha value is -0.0800. The highest BCUT2D eigenvalue weighted by atomic mass is 16.2. The van der Waals surface area contributed by atoms with Crippen LogP contribution >= 0.6 is 0 Å². The van der Waals surface area contributed by atoms with Crippen molar-refractivity contribution in [2.45, 2.75) is 38.5 Å². The average molecular weight is 144 g/mol. The van der Waals surface area contributed by atoms with Gasteiger partial charge >= 0.3 is 0 Å². The molecule has 0 aliphatic carbocycles. The maximum atomic E-state index is 8.44. The minimum absolute atomic E-state index is 0.332. The van der Waals surface area contributed by atoms with Gasteiger partial charge in [0.05, 0.1) is 0 Å². The van der Waals surface area contributed by atoms with Crippen LogP contribution in [0, 0.1) is 0 Å². The topological polar surface area (TPSA) is 44.0 Å². The van der Waals surface area contributed by atoms with Crippen LogP contribution < -0.4 is 5.73 Å². The Morgan fingerprint density at radius 3 is 1.80 bits per heavy atom. The van der Waals surface area contributed by atoms with E-state index in [2.05, 4.69) is 0 Å². The van der Waals surface area contributed by atoms with Gasteiger partial charge in [0.1, 0.15) is 0 Å². The largest absolute Gasteiger partial charge is 0.396 e. The van der Waals surface area contributed by atoms with Gasteiger partial charge < -0.3 is 5.11 Å². The summed E-state index contributed by atoms with van der Waals surface area (Å²) in [6, 6.07) is 0. The molecule has 10 heavy (non-hydrogen) atoms. The second-order valence-corrected chi connectivity index (χ2v) is 2.59. The van der Waals surface area contributed by atoms with E-state index in [0.717, 1.165) is 19.3 Å². The minimum Gasteiger partial charge on any atom is -0.396 e. The van der Waals surface area contributed by atoms with E-state index < -0.39 is 0 Å². The van der Waals surface area contributed by atoms with E-state index in [9.17, 15) is 0 Å². The third-order valence-electron chi connectivity index (χ3n) is 1.58. The average Bonchev–Trinajstić information content (AvgIpc) is 1.97. The molecule has 0 aliphatic heterocycles. The van der Waals surface area contributed by atoms with Crippen LogP contribution in [0.2, 0.25) is 0 Å². The minimum atomic E-state index is 0.332. The van der Waals surface area contributed by atoms with Gasteiger partial charge in [0, 0.05) is 13.2 Å². The summed E-state index contributed by atoms with van der Waals surface area (Å²) < 4.78 is 0. The van der Waals surface area contributed by atoms with Crippen LogP contribution in [0.4, 0.5) is 0 Å². The van der Waals surface area contributed by atoms with Crippen molar-refractivity contribution in [1.29, 1.82) is 0 Å². The zero-order valence-electron chi connectivity index (χ0n) is 6.60. The molecular formula is C8H18NO. The Kier molecular flexibility index (Phi) is 8.85. The van der Waals surface area contributed by atoms with Gasteiger partial charge in [-0.1, -0.05) is 25.7 Å². The lowest BCUT2D eigenvalue weighted by molar-refractivity contribution is 0.282. The first-order chi connectivity index (χ1) is 4.91. The Morgan fingerprint density at radius 2 is 1.30 bits per heavy atom. The van der Waals surface area contributed by atoms with E-state index in [1.807, 2.05) is 0 Å². The molecule has 0 heterocycles. The molecule has 0 amide bonds. The van der Waals surface area contributed by atoms with Crippen molar-refractivity contribution in [3.8, 4) is 0 Å². The predicted octanol–water partition coefficient (Wildman–Crippen LogP) is 1.60. The van der Waals surface area contributed by atoms with Crippen molar-refractivity contribution in [3.05, 3.63) is 0 Å². The quantitative estimate of drug-likeness (QED) is 0.542. The Bertz CT molecular complexity index is 49.2. The highest BCUT2D eigenvalue weighted by molar-refractivity contribution is 4.44. The molecule has 0 unspecified atom stereocenters. The molecule has 0 saturated heterocycles. The second-order valence-electron chi connectivity index (χ2n) is 2.59. The monoisotopic (exact) mass is 144 g/mol. The van der Waals surface area contributed by atoms with Gasteiger partial charge in [0.15, 0.2) is 0 Å². The number of rotatable bonds is 7. The van der Waals surface area contributed by atoms with Gasteiger partial charge in [-0.2, -0.15) is 0 Å². The molecule has 0 aromatic rings. The Labute approximate surface area is 63.4 Å². The summed E-state index contributed by atoms with van der Waals surface area (Å²) in [5, 5.41) is 8.44. The van der Waals surface area contributed by atoms with Crippen molar-refractivity contribution in [2.24, 2.45) is 0 Å². The summed E-state index contributed by atoms with van der Waals surface area (Å²) in [6.45, 7) is 0.901. The Morgan fingerprint density at radius 1 is 0.800 bits per heavy atom. The second kappa shape index (κ2) is 8.92. The fourth-order valence-electron chi connectivity index (χ4n) is 0.944. The van der Waals surface area contributed by atoms with E-state index in [0.29, 0.717) is 13.2 Å². The maximum absolute atomic E-state index is 8.44. The molecule has 2 heteroatoms. The molecule has 2 nitrogen and oxygen atoms in total. The van der Waals surface area contributed by atoms with Crippen LogP contribution in [0.15, 0.2) is 0 Å². The number of nitrogens with one attached hydrogen (secondary N) is 1. The van der Waals surface area contributed by atoms with Crippen LogP contribution in [0.1, 0.15) is 38.5 Å². The third kappa shape index (κ3) is 7.92.